The van der Waals surface area contributed by atoms with Gasteiger partial charge in [0, 0.05) is 11.8 Å². The van der Waals surface area contributed by atoms with Gasteiger partial charge in [-0.2, -0.15) is 0 Å². The largest absolute Gasteiger partial charge is 0.480 e. The Balaban J connectivity index is 0.000000377. The number of nitrogen functional groups attached to an aromatic ring is 1. The van der Waals surface area contributed by atoms with Gasteiger partial charge < -0.3 is 16.2 Å². The van der Waals surface area contributed by atoms with E-state index < -0.39 is 29.6 Å². The van der Waals surface area contributed by atoms with E-state index in [0.29, 0.717) is 24.7 Å². The van der Waals surface area contributed by atoms with Crippen molar-refractivity contribution in [2.75, 3.05) is 5.73 Å². The third kappa shape index (κ3) is 8.75. The van der Waals surface area contributed by atoms with Gasteiger partial charge in [0.05, 0.1) is 6.42 Å². The Morgan fingerprint density at radius 1 is 1.22 bits per heavy atom. The number of hydrogen-bond donors (Lipinski definition) is 3. The van der Waals surface area contributed by atoms with Crippen LogP contribution in [-0.2, 0) is 16.0 Å². The molecule has 4 N–H and O–H groups in total. The zero-order valence-corrected chi connectivity index (χ0v) is 15.2. The highest BCUT2D eigenvalue weighted by molar-refractivity contribution is 5.84. The number of aromatic nitrogens is 1. The van der Waals surface area contributed by atoms with Crippen molar-refractivity contribution >= 4 is 17.7 Å². The van der Waals surface area contributed by atoms with Crippen LogP contribution in [0.2, 0.25) is 0 Å². The monoisotopic (exact) mass is 379 g/mol. The van der Waals surface area contributed by atoms with Gasteiger partial charge in [-0.1, -0.05) is 19.4 Å². The van der Waals surface area contributed by atoms with Gasteiger partial charge in [-0.15, -0.1) is 0 Å². The van der Waals surface area contributed by atoms with Gasteiger partial charge in [-0.25, -0.2) is 18.6 Å². The molecule has 6 nitrogen and oxygen atoms in total. The number of carboxylic acids is 1. The molecule has 1 aromatic carbocycles. The van der Waals surface area contributed by atoms with Crippen LogP contribution in [0.25, 0.3) is 0 Å². The normalized spacial score (nSPS) is 11.1. The highest BCUT2D eigenvalue weighted by atomic mass is 19.1. The van der Waals surface area contributed by atoms with Gasteiger partial charge in [-0.3, -0.25) is 4.79 Å². The van der Waals surface area contributed by atoms with Crippen molar-refractivity contribution < 1.29 is 23.5 Å². The van der Waals surface area contributed by atoms with Crippen LogP contribution >= 0.6 is 0 Å². The molecular formula is C19H23F2N3O3. The zero-order valence-electron chi connectivity index (χ0n) is 15.2. The van der Waals surface area contributed by atoms with E-state index >= 15 is 0 Å². The summed E-state index contributed by atoms with van der Waals surface area (Å²) in [5, 5.41) is 11.2. The lowest BCUT2D eigenvalue weighted by Gasteiger charge is -2.13. The number of nitrogens with one attached hydrogen (secondary N) is 1. The lowest BCUT2D eigenvalue weighted by molar-refractivity contribution is -0.141. The highest BCUT2D eigenvalue weighted by Crippen LogP contribution is 2.09. The van der Waals surface area contributed by atoms with E-state index in [2.05, 4.69) is 10.3 Å². The number of aryl methyl sites for hydroxylation is 1. The van der Waals surface area contributed by atoms with Gasteiger partial charge in [0.15, 0.2) is 0 Å². The van der Waals surface area contributed by atoms with Crippen LogP contribution < -0.4 is 11.1 Å². The SMILES string of the molecule is CCCC(NC(=O)Cc1cc(F)cc(F)c1)C(=O)O.Cc1cccc(N)n1. The summed E-state index contributed by atoms with van der Waals surface area (Å²) in [6, 6.07) is 7.38. The summed E-state index contributed by atoms with van der Waals surface area (Å²) >= 11 is 0. The summed E-state index contributed by atoms with van der Waals surface area (Å²) in [6.45, 7) is 3.71. The molecule has 146 valence electrons. The molecular weight excluding hydrogens is 356 g/mol. The average molecular weight is 379 g/mol. The number of halogens is 2. The minimum absolute atomic E-state index is 0.163. The lowest BCUT2D eigenvalue weighted by Crippen LogP contribution is -2.41. The maximum atomic E-state index is 12.9. The van der Waals surface area contributed by atoms with E-state index in [9.17, 15) is 18.4 Å². The van der Waals surface area contributed by atoms with Crippen molar-refractivity contribution in [2.45, 2.75) is 39.2 Å². The molecule has 27 heavy (non-hydrogen) atoms. The van der Waals surface area contributed by atoms with Gasteiger partial charge in [0.25, 0.3) is 0 Å². The Labute approximate surface area is 156 Å². The van der Waals surface area contributed by atoms with Crippen LogP contribution in [0.3, 0.4) is 0 Å². The Morgan fingerprint density at radius 2 is 1.85 bits per heavy atom. The Bertz CT molecular complexity index is 747. The van der Waals surface area contributed by atoms with Gasteiger partial charge in [0.2, 0.25) is 5.91 Å². The summed E-state index contributed by atoms with van der Waals surface area (Å²) in [7, 11) is 0. The number of carbonyl (C=O) groups excluding carboxylic acids is 1. The molecule has 0 fully saturated rings. The number of rotatable bonds is 6. The minimum Gasteiger partial charge on any atom is -0.480 e. The number of anilines is 1. The van der Waals surface area contributed by atoms with Crippen molar-refractivity contribution in [2.24, 2.45) is 0 Å². The molecule has 1 heterocycles. The number of benzene rings is 1. The average Bonchev–Trinajstić information content (AvgIpc) is 2.53. The highest BCUT2D eigenvalue weighted by Gasteiger charge is 2.19. The van der Waals surface area contributed by atoms with Gasteiger partial charge in [0.1, 0.15) is 23.5 Å². The number of nitrogens with zero attached hydrogens (tertiary/aromatic N) is 1. The number of nitrogens with two attached hydrogens (primary N) is 1. The first kappa shape index (κ1) is 22.0. The number of amides is 1. The van der Waals surface area contributed by atoms with Gasteiger partial charge >= 0.3 is 5.97 Å². The Kier molecular flexibility index (Phi) is 8.84. The molecule has 1 amide bonds. The molecule has 0 aliphatic carbocycles. The van der Waals surface area contributed by atoms with E-state index in [1.807, 2.05) is 19.1 Å². The van der Waals surface area contributed by atoms with Crippen molar-refractivity contribution in [1.82, 2.24) is 10.3 Å². The second-order valence-corrected chi connectivity index (χ2v) is 5.91. The van der Waals surface area contributed by atoms with Crippen molar-refractivity contribution in [3.63, 3.8) is 0 Å². The molecule has 1 unspecified atom stereocenters. The fourth-order valence-electron chi connectivity index (χ4n) is 2.25. The second kappa shape index (κ2) is 10.8. The van der Waals surface area contributed by atoms with Crippen LogP contribution in [-0.4, -0.2) is 28.0 Å². The molecule has 2 aromatic rings. The topological polar surface area (TPSA) is 105 Å². The zero-order chi connectivity index (χ0) is 20.4. The van der Waals surface area contributed by atoms with Crippen LogP contribution in [0.5, 0.6) is 0 Å². The van der Waals surface area contributed by atoms with E-state index in [-0.39, 0.29) is 12.0 Å². The minimum atomic E-state index is -1.12. The molecule has 0 saturated carbocycles. The smallest absolute Gasteiger partial charge is 0.326 e. The number of pyridine rings is 1. The number of aliphatic carboxylic acids is 1. The molecule has 0 radical (unpaired) electrons. The predicted molar refractivity (Wildman–Crippen MR) is 97.9 cm³/mol. The molecule has 1 aromatic heterocycles. The molecule has 0 aliphatic rings. The van der Waals surface area contributed by atoms with Crippen LogP contribution in [0.4, 0.5) is 14.6 Å². The first-order valence-electron chi connectivity index (χ1n) is 8.37. The van der Waals surface area contributed by atoms with E-state index in [1.165, 1.54) is 0 Å². The number of carbonyl (C=O) groups is 2. The van der Waals surface area contributed by atoms with Crippen LogP contribution in [0, 0.1) is 18.6 Å². The summed E-state index contributed by atoms with van der Waals surface area (Å²) in [5.74, 6) is -2.66. The molecule has 0 spiro atoms. The Morgan fingerprint density at radius 3 is 2.30 bits per heavy atom. The van der Waals surface area contributed by atoms with Crippen molar-refractivity contribution in [3.05, 3.63) is 59.3 Å². The second-order valence-electron chi connectivity index (χ2n) is 5.91. The van der Waals surface area contributed by atoms with Crippen molar-refractivity contribution in [1.29, 1.82) is 0 Å². The van der Waals surface area contributed by atoms with E-state index in [4.69, 9.17) is 10.8 Å². The molecule has 1 atom stereocenters. The summed E-state index contributed by atoms with van der Waals surface area (Å²) in [4.78, 5) is 26.4. The predicted octanol–water partition coefficient (Wildman–Crippen LogP) is 2.85. The summed E-state index contributed by atoms with van der Waals surface area (Å²) in [5.41, 5.74) is 6.47. The van der Waals surface area contributed by atoms with Crippen molar-refractivity contribution in [3.8, 4) is 0 Å². The molecule has 0 bridgehead atoms. The molecule has 8 heteroatoms. The standard InChI is InChI=1S/C13H15F2NO3.C6H8N2/c1-2-3-11(13(18)19)16-12(17)6-8-4-9(14)7-10(15)5-8;1-5-3-2-4-6(7)8-5/h4-5,7,11H,2-3,6H2,1H3,(H,16,17)(H,18,19);2-4H,1H3,(H2,7,8). The number of carboxylic acid groups (broad SMARTS) is 1. The van der Waals surface area contributed by atoms with Gasteiger partial charge in [-0.05, 0) is 43.2 Å². The van der Waals surface area contributed by atoms with E-state index in [0.717, 1.165) is 17.8 Å². The maximum Gasteiger partial charge on any atom is 0.326 e. The Hall–Kier alpha value is -3.03. The first-order chi connectivity index (χ1) is 12.7. The van der Waals surface area contributed by atoms with Crippen LogP contribution in [0.1, 0.15) is 31.0 Å². The molecule has 0 saturated heterocycles. The number of hydrogen-bond acceptors (Lipinski definition) is 4. The third-order valence-electron chi connectivity index (χ3n) is 3.41. The van der Waals surface area contributed by atoms with Crippen LogP contribution in [0.15, 0.2) is 36.4 Å². The molecule has 0 aliphatic heterocycles. The molecule has 2 rings (SSSR count). The fraction of sp³-hybridized carbons (Fsp3) is 0.316. The lowest BCUT2D eigenvalue weighted by atomic mass is 10.1. The quantitative estimate of drug-likeness (QED) is 0.716. The third-order valence-corrected chi connectivity index (χ3v) is 3.41. The first-order valence-corrected chi connectivity index (χ1v) is 8.37. The fourth-order valence-corrected chi connectivity index (χ4v) is 2.25. The summed E-state index contributed by atoms with van der Waals surface area (Å²) in [6.07, 6.45) is 0.645. The maximum absolute atomic E-state index is 12.9. The van der Waals surface area contributed by atoms with E-state index in [1.54, 1.807) is 13.0 Å². The summed E-state index contributed by atoms with van der Waals surface area (Å²) < 4.78 is 25.8.